The fraction of sp³-hybridized carbons (Fsp3) is 0.350. The van der Waals surface area contributed by atoms with Crippen molar-refractivity contribution in [1.29, 1.82) is 0 Å². The van der Waals surface area contributed by atoms with E-state index in [2.05, 4.69) is 10.0 Å². The molecule has 11 heteroatoms. The molecule has 2 aromatic carbocycles. The summed E-state index contributed by atoms with van der Waals surface area (Å²) in [5.41, 5.74) is 0.692. The van der Waals surface area contributed by atoms with E-state index in [-0.39, 0.29) is 21.4 Å². The second-order valence-corrected chi connectivity index (χ2v) is 10.9. The molecule has 0 spiro atoms. The van der Waals surface area contributed by atoms with Gasteiger partial charge in [0.15, 0.2) is 0 Å². The molecular formula is C20H25N3O6S2. The lowest BCUT2D eigenvalue weighted by atomic mass is 10.2. The van der Waals surface area contributed by atoms with Gasteiger partial charge in [0.1, 0.15) is 0 Å². The molecule has 2 aromatic rings. The Hall–Kier alpha value is -2.31. The molecule has 1 saturated heterocycles. The number of hydrogen-bond acceptors (Lipinski definition) is 6. The number of anilines is 1. The fourth-order valence-electron chi connectivity index (χ4n) is 3.01. The Bertz CT molecular complexity index is 1120. The van der Waals surface area contributed by atoms with Gasteiger partial charge in [-0.2, -0.15) is 4.31 Å². The van der Waals surface area contributed by atoms with Crippen LogP contribution in [0.5, 0.6) is 0 Å². The van der Waals surface area contributed by atoms with Crippen molar-refractivity contribution in [3.05, 3.63) is 54.1 Å². The first-order chi connectivity index (χ1) is 14.6. The molecule has 1 fully saturated rings. The molecule has 0 atom stereocenters. The molecule has 0 aromatic heterocycles. The van der Waals surface area contributed by atoms with E-state index in [0.717, 1.165) is 0 Å². The van der Waals surface area contributed by atoms with E-state index in [1.165, 1.54) is 52.8 Å². The van der Waals surface area contributed by atoms with Crippen molar-refractivity contribution in [3.63, 3.8) is 0 Å². The predicted octanol–water partition coefficient (Wildman–Crippen LogP) is 1.65. The number of carbonyl (C=O) groups excluding carboxylic acids is 1. The van der Waals surface area contributed by atoms with Gasteiger partial charge in [0.2, 0.25) is 20.0 Å². The van der Waals surface area contributed by atoms with E-state index in [1.54, 1.807) is 13.8 Å². The van der Waals surface area contributed by atoms with Crippen LogP contribution in [-0.4, -0.2) is 59.4 Å². The third-order valence-corrected chi connectivity index (χ3v) is 8.13. The number of carbonyl (C=O) groups is 1. The van der Waals surface area contributed by atoms with Gasteiger partial charge in [-0.15, -0.1) is 0 Å². The maximum absolute atomic E-state index is 12.7. The summed E-state index contributed by atoms with van der Waals surface area (Å²) < 4.78 is 58.7. The minimum Gasteiger partial charge on any atom is -0.379 e. The molecule has 0 aliphatic carbocycles. The number of rotatable bonds is 7. The van der Waals surface area contributed by atoms with Gasteiger partial charge in [-0.3, -0.25) is 4.79 Å². The van der Waals surface area contributed by atoms with Crippen molar-refractivity contribution in [1.82, 2.24) is 9.03 Å². The monoisotopic (exact) mass is 467 g/mol. The fourth-order valence-corrected chi connectivity index (χ4v) is 5.67. The lowest BCUT2D eigenvalue weighted by Crippen LogP contribution is -2.40. The molecule has 3 rings (SSSR count). The minimum atomic E-state index is -3.63. The topological polar surface area (TPSA) is 122 Å². The Labute approximate surface area is 182 Å². The molecule has 1 aliphatic rings. The minimum absolute atomic E-state index is 0.0943. The van der Waals surface area contributed by atoms with Crippen LogP contribution in [0.4, 0.5) is 5.69 Å². The lowest BCUT2D eigenvalue weighted by molar-refractivity contribution is 0.0730. The molecule has 0 bridgehead atoms. The lowest BCUT2D eigenvalue weighted by Gasteiger charge is -2.26. The highest BCUT2D eigenvalue weighted by Crippen LogP contribution is 2.19. The highest BCUT2D eigenvalue weighted by molar-refractivity contribution is 7.89. The maximum atomic E-state index is 12.7. The van der Waals surface area contributed by atoms with Gasteiger partial charge in [-0.05, 0) is 62.4 Å². The van der Waals surface area contributed by atoms with Crippen LogP contribution >= 0.6 is 0 Å². The molecule has 0 saturated carbocycles. The number of sulfonamides is 2. The summed E-state index contributed by atoms with van der Waals surface area (Å²) in [6, 6.07) is 11.2. The molecule has 1 aliphatic heterocycles. The van der Waals surface area contributed by atoms with E-state index >= 15 is 0 Å². The number of nitrogens with one attached hydrogen (secondary N) is 2. The van der Waals surface area contributed by atoms with Gasteiger partial charge in [0, 0.05) is 30.4 Å². The number of hydrogen-bond donors (Lipinski definition) is 2. The standard InChI is InChI=1S/C20H25N3O6S2/c1-15(2)22-30(25,26)18-9-5-17(6-10-18)21-20(24)16-3-7-19(8-4-16)31(27,28)23-11-13-29-14-12-23/h3-10,15,22H,11-14H2,1-2H3,(H,21,24). The summed E-state index contributed by atoms with van der Waals surface area (Å²) in [4.78, 5) is 12.7. The highest BCUT2D eigenvalue weighted by Gasteiger charge is 2.26. The first-order valence-corrected chi connectivity index (χ1v) is 12.6. The Balaban J connectivity index is 1.68. The van der Waals surface area contributed by atoms with E-state index in [1.807, 2.05) is 0 Å². The number of benzene rings is 2. The molecular weight excluding hydrogens is 442 g/mol. The molecule has 1 heterocycles. The molecule has 1 amide bonds. The van der Waals surface area contributed by atoms with Crippen LogP contribution in [0.15, 0.2) is 58.3 Å². The smallest absolute Gasteiger partial charge is 0.255 e. The second kappa shape index (κ2) is 9.45. The Kier molecular flexibility index (Phi) is 7.12. The third kappa shape index (κ3) is 5.69. The molecule has 9 nitrogen and oxygen atoms in total. The number of ether oxygens (including phenoxy) is 1. The maximum Gasteiger partial charge on any atom is 0.255 e. The SMILES string of the molecule is CC(C)NS(=O)(=O)c1ccc(NC(=O)c2ccc(S(=O)(=O)N3CCOCC3)cc2)cc1. The predicted molar refractivity (Wildman–Crippen MR) is 116 cm³/mol. The van der Waals surface area contributed by atoms with Gasteiger partial charge in [-0.25, -0.2) is 21.6 Å². The summed E-state index contributed by atoms with van der Waals surface area (Å²) in [7, 11) is -7.25. The Morgan fingerprint density at radius 1 is 0.903 bits per heavy atom. The molecule has 2 N–H and O–H groups in total. The Morgan fingerprint density at radius 2 is 1.45 bits per heavy atom. The van der Waals surface area contributed by atoms with Gasteiger partial charge in [0.25, 0.3) is 5.91 Å². The largest absolute Gasteiger partial charge is 0.379 e. The zero-order chi connectivity index (χ0) is 22.6. The highest BCUT2D eigenvalue weighted by atomic mass is 32.2. The second-order valence-electron chi connectivity index (χ2n) is 7.30. The summed E-state index contributed by atoms with van der Waals surface area (Å²) in [6.07, 6.45) is 0. The van der Waals surface area contributed by atoms with E-state index in [0.29, 0.717) is 32.0 Å². The van der Waals surface area contributed by atoms with E-state index in [4.69, 9.17) is 4.74 Å². The average Bonchev–Trinajstić information content (AvgIpc) is 2.74. The number of morpholine rings is 1. The van der Waals surface area contributed by atoms with Crippen molar-refractivity contribution in [2.24, 2.45) is 0 Å². The van der Waals surface area contributed by atoms with Gasteiger partial charge in [-0.1, -0.05) is 0 Å². The van der Waals surface area contributed by atoms with Gasteiger partial charge in [0.05, 0.1) is 23.0 Å². The zero-order valence-electron chi connectivity index (χ0n) is 17.2. The van der Waals surface area contributed by atoms with Crippen molar-refractivity contribution in [3.8, 4) is 0 Å². The first-order valence-electron chi connectivity index (χ1n) is 9.71. The summed E-state index contributed by atoms with van der Waals surface area (Å²) in [6.45, 7) is 4.75. The van der Waals surface area contributed by atoms with Gasteiger partial charge >= 0.3 is 0 Å². The number of nitrogens with zero attached hydrogens (tertiary/aromatic N) is 1. The third-order valence-electron chi connectivity index (χ3n) is 4.54. The zero-order valence-corrected chi connectivity index (χ0v) is 18.9. The molecule has 0 radical (unpaired) electrons. The summed E-state index contributed by atoms with van der Waals surface area (Å²) in [5.74, 6) is -0.439. The molecule has 31 heavy (non-hydrogen) atoms. The first kappa shape index (κ1) is 23.4. The van der Waals surface area contributed by atoms with Crippen LogP contribution in [-0.2, 0) is 24.8 Å². The number of amides is 1. The van der Waals surface area contributed by atoms with Crippen LogP contribution < -0.4 is 10.0 Å². The Morgan fingerprint density at radius 3 is 2.00 bits per heavy atom. The van der Waals surface area contributed by atoms with Crippen molar-refractivity contribution in [2.45, 2.75) is 29.7 Å². The van der Waals surface area contributed by atoms with Crippen LogP contribution in [0.25, 0.3) is 0 Å². The van der Waals surface area contributed by atoms with E-state index in [9.17, 15) is 21.6 Å². The van der Waals surface area contributed by atoms with Gasteiger partial charge < -0.3 is 10.1 Å². The van der Waals surface area contributed by atoms with E-state index < -0.39 is 26.0 Å². The van der Waals surface area contributed by atoms with Crippen LogP contribution in [0.1, 0.15) is 24.2 Å². The van der Waals surface area contributed by atoms with Crippen molar-refractivity contribution >= 4 is 31.6 Å². The van der Waals surface area contributed by atoms with Crippen LogP contribution in [0, 0.1) is 0 Å². The molecule has 168 valence electrons. The van der Waals surface area contributed by atoms with Crippen LogP contribution in [0.2, 0.25) is 0 Å². The summed E-state index contributed by atoms with van der Waals surface area (Å²) >= 11 is 0. The quantitative estimate of drug-likeness (QED) is 0.639. The normalized spacial score (nSPS) is 15.7. The van der Waals surface area contributed by atoms with Crippen molar-refractivity contribution < 1.29 is 26.4 Å². The average molecular weight is 468 g/mol. The van der Waals surface area contributed by atoms with Crippen molar-refractivity contribution in [2.75, 3.05) is 31.6 Å². The summed E-state index contributed by atoms with van der Waals surface area (Å²) in [5, 5.41) is 2.67. The van der Waals surface area contributed by atoms with Crippen LogP contribution in [0.3, 0.4) is 0 Å². The molecule has 0 unspecified atom stereocenters.